The summed E-state index contributed by atoms with van der Waals surface area (Å²) >= 11 is 3.70. The van der Waals surface area contributed by atoms with Gasteiger partial charge >= 0.3 is 0 Å². The lowest BCUT2D eigenvalue weighted by atomic mass is 9.59. The van der Waals surface area contributed by atoms with Crippen LogP contribution in [0.3, 0.4) is 0 Å². The van der Waals surface area contributed by atoms with Crippen molar-refractivity contribution in [2.24, 2.45) is 11.0 Å². The molecule has 180 valence electrons. The fourth-order valence-corrected chi connectivity index (χ4v) is 6.36. The summed E-state index contributed by atoms with van der Waals surface area (Å²) in [6.45, 7) is 2.93. The van der Waals surface area contributed by atoms with Crippen molar-refractivity contribution in [3.63, 3.8) is 0 Å². The van der Waals surface area contributed by atoms with E-state index in [1.165, 1.54) is 17.7 Å². The molecule has 0 radical (unpaired) electrons. The molecule has 0 amide bonds. The Balaban J connectivity index is 1.48. The van der Waals surface area contributed by atoms with Crippen molar-refractivity contribution < 1.29 is 19.5 Å². The molecule has 5 rings (SSSR count). The van der Waals surface area contributed by atoms with Crippen molar-refractivity contribution in [2.75, 3.05) is 19.1 Å². The molecule has 3 N–H and O–H groups in total. The third-order valence-electron chi connectivity index (χ3n) is 7.44. The summed E-state index contributed by atoms with van der Waals surface area (Å²) in [7, 11) is 1.65. The molecule has 0 aromatic heterocycles. The third-order valence-corrected chi connectivity index (χ3v) is 8.19. The van der Waals surface area contributed by atoms with E-state index in [0.717, 1.165) is 40.1 Å². The van der Waals surface area contributed by atoms with Crippen LogP contribution in [0.5, 0.6) is 11.5 Å². The minimum atomic E-state index is -0.421. The summed E-state index contributed by atoms with van der Waals surface area (Å²) in [5.41, 5.74) is 6.87. The average molecular weight is 531 g/mol. The van der Waals surface area contributed by atoms with E-state index < -0.39 is 4.92 Å². The van der Waals surface area contributed by atoms with Crippen molar-refractivity contribution in [1.82, 2.24) is 5.32 Å². The molecular weight excluding hydrogens is 504 g/mol. The Labute approximate surface area is 205 Å². The van der Waals surface area contributed by atoms with Gasteiger partial charge in [-0.3, -0.25) is 15.5 Å². The second-order valence-corrected chi connectivity index (χ2v) is 10.1. The normalized spacial score (nSPS) is 28.5. The number of rotatable bonds is 5. The van der Waals surface area contributed by atoms with E-state index in [9.17, 15) is 15.2 Å². The van der Waals surface area contributed by atoms with Crippen molar-refractivity contribution in [1.29, 1.82) is 0 Å². The summed E-state index contributed by atoms with van der Waals surface area (Å²) in [5, 5.41) is 29.1. The van der Waals surface area contributed by atoms with Crippen LogP contribution in [0, 0.1) is 16.0 Å². The van der Waals surface area contributed by atoms with Gasteiger partial charge in [-0.1, -0.05) is 6.92 Å². The van der Waals surface area contributed by atoms with E-state index >= 15 is 0 Å². The number of halogens is 1. The molecule has 2 heterocycles. The number of hydrogen-bond acceptors (Lipinski definition) is 8. The molecule has 2 aromatic rings. The third kappa shape index (κ3) is 3.64. The highest BCUT2D eigenvalue weighted by Crippen LogP contribution is 2.60. The van der Waals surface area contributed by atoms with Crippen LogP contribution >= 0.6 is 15.9 Å². The van der Waals surface area contributed by atoms with Crippen LogP contribution in [0.2, 0.25) is 0 Å². The van der Waals surface area contributed by atoms with Gasteiger partial charge in [0.05, 0.1) is 24.3 Å². The predicted octanol–water partition coefficient (Wildman–Crippen LogP) is 4.12. The quantitative estimate of drug-likeness (QED) is 0.393. The van der Waals surface area contributed by atoms with Gasteiger partial charge in [-0.15, -0.1) is 0 Å². The maximum absolute atomic E-state index is 10.9. The maximum Gasteiger partial charge on any atom is 0.269 e. The Morgan fingerprint density at radius 1 is 1.38 bits per heavy atom. The number of non-ortho nitro benzene ring substituents is 1. The van der Waals surface area contributed by atoms with Crippen LogP contribution in [0.4, 0.5) is 11.4 Å². The molecule has 1 fully saturated rings. The Bertz CT molecular complexity index is 1160. The zero-order valence-electron chi connectivity index (χ0n) is 19.0. The first-order chi connectivity index (χ1) is 16.4. The van der Waals surface area contributed by atoms with Crippen LogP contribution in [-0.2, 0) is 12.0 Å². The average Bonchev–Trinajstić information content (AvgIpc) is 3.07. The molecule has 1 spiro atoms. The number of nitrogens with zero attached hydrogens (tertiary/aromatic N) is 2. The molecule has 2 aliphatic heterocycles. The summed E-state index contributed by atoms with van der Waals surface area (Å²) in [6.07, 6.45) is 2.07. The van der Waals surface area contributed by atoms with E-state index in [-0.39, 0.29) is 35.8 Å². The van der Waals surface area contributed by atoms with Crippen molar-refractivity contribution >= 4 is 33.0 Å². The van der Waals surface area contributed by atoms with E-state index in [4.69, 9.17) is 9.47 Å². The van der Waals surface area contributed by atoms with Gasteiger partial charge in [-0.2, -0.15) is 5.10 Å². The summed E-state index contributed by atoms with van der Waals surface area (Å²) < 4.78 is 13.0. The van der Waals surface area contributed by atoms with Crippen molar-refractivity contribution in [2.45, 2.75) is 50.3 Å². The van der Waals surface area contributed by atoms with E-state index in [1.807, 2.05) is 0 Å². The summed E-state index contributed by atoms with van der Waals surface area (Å²) in [5.74, 6) is 1.78. The van der Waals surface area contributed by atoms with Gasteiger partial charge in [0.1, 0.15) is 22.1 Å². The van der Waals surface area contributed by atoms with Gasteiger partial charge in [0.25, 0.3) is 5.69 Å². The van der Waals surface area contributed by atoms with Crippen molar-refractivity contribution in [3.05, 3.63) is 56.0 Å². The molecule has 0 saturated heterocycles. The van der Waals surface area contributed by atoms with Crippen LogP contribution in [0.15, 0.2) is 39.9 Å². The van der Waals surface area contributed by atoms with Gasteiger partial charge < -0.3 is 19.9 Å². The number of benzene rings is 2. The minimum Gasteiger partial charge on any atom is -0.495 e. The molecule has 3 aliphatic rings. The van der Waals surface area contributed by atoms with Crippen LogP contribution in [0.25, 0.3) is 0 Å². The van der Waals surface area contributed by atoms with Crippen LogP contribution in [-0.4, -0.2) is 41.6 Å². The Morgan fingerprint density at radius 2 is 2.15 bits per heavy atom. The molecule has 10 heteroatoms. The number of ether oxygens (including phenoxy) is 2. The SMILES string of the molecule is COc1cc2c3c(c1Br)O[C@@H]1C/C(=N/Nc4ccc([N+](=O)[O-])cc4)C[C@@H](C)[C@]31C[C@@H](CO)NC2. The van der Waals surface area contributed by atoms with Crippen molar-refractivity contribution in [3.8, 4) is 11.5 Å². The minimum absolute atomic E-state index is 0.0339. The number of hydrazone groups is 1. The molecular formula is C24H27BrN4O5. The topological polar surface area (TPSA) is 118 Å². The molecule has 9 nitrogen and oxygen atoms in total. The van der Waals surface area contributed by atoms with Gasteiger partial charge in [-0.05, 0) is 58.5 Å². The number of nitro benzene ring substituents is 1. The first-order valence-corrected chi connectivity index (χ1v) is 12.1. The number of aliphatic hydroxyl groups excluding tert-OH is 1. The number of methoxy groups -OCH3 is 1. The van der Waals surface area contributed by atoms with Gasteiger partial charge in [0.2, 0.25) is 0 Å². The smallest absolute Gasteiger partial charge is 0.269 e. The second kappa shape index (κ2) is 8.83. The fraction of sp³-hybridized carbons (Fsp3) is 0.458. The Kier molecular flexibility index (Phi) is 5.99. The predicted molar refractivity (Wildman–Crippen MR) is 132 cm³/mol. The summed E-state index contributed by atoms with van der Waals surface area (Å²) in [6, 6.07) is 8.24. The fourth-order valence-electron chi connectivity index (χ4n) is 5.79. The molecule has 1 saturated carbocycles. The van der Waals surface area contributed by atoms with Crippen LogP contribution in [0.1, 0.15) is 37.3 Å². The molecule has 0 bridgehead atoms. The largest absolute Gasteiger partial charge is 0.495 e. The molecule has 1 aliphatic carbocycles. The highest BCUT2D eigenvalue weighted by Gasteiger charge is 2.58. The lowest BCUT2D eigenvalue weighted by molar-refractivity contribution is -0.384. The van der Waals surface area contributed by atoms with E-state index in [1.54, 1.807) is 19.2 Å². The molecule has 0 unspecified atom stereocenters. The highest BCUT2D eigenvalue weighted by atomic mass is 79.9. The van der Waals surface area contributed by atoms with E-state index in [2.05, 4.69) is 44.8 Å². The number of aliphatic hydroxyl groups is 1. The number of nitrogens with one attached hydrogen (secondary N) is 2. The lowest BCUT2D eigenvalue weighted by Gasteiger charge is -2.45. The first kappa shape index (κ1) is 23.1. The number of anilines is 1. The number of hydrogen-bond donors (Lipinski definition) is 3. The molecule has 4 atom stereocenters. The number of nitro groups is 1. The lowest BCUT2D eigenvalue weighted by Crippen LogP contribution is -2.52. The van der Waals surface area contributed by atoms with Gasteiger partial charge in [-0.25, -0.2) is 0 Å². The zero-order valence-corrected chi connectivity index (χ0v) is 20.6. The van der Waals surface area contributed by atoms with Gasteiger partial charge in [0, 0.05) is 47.8 Å². The Hall–Kier alpha value is -2.69. The molecule has 34 heavy (non-hydrogen) atoms. The first-order valence-electron chi connectivity index (χ1n) is 11.3. The second-order valence-electron chi connectivity index (χ2n) is 9.27. The van der Waals surface area contributed by atoms with Gasteiger partial charge in [0.15, 0.2) is 0 Å². The monoisotopic (exact) mass is 530 g/mol. The zero-order chi connectivity index (χ0) is 24.0. The Morgan fingerprint density at radius 3 is 2.82 bits per heavy atom. The molecule has 2 aromatic carbocycles. The maximum atomic E-state index is 10.9. The standard InChI is InChI=1S/C24H27BrN4O5/c1-13-7-16(28-27-15-3-5-18(6-4-15)29(31)32)9-20-24(13)10-17(12-30)26-11-14-8-19(33-2)22(25)23(34-20)21(14)24/h3-6,8,13,17,20,26-27,30H,7,9-12H2,1-2H3/b28-16+/t13-,17+,20-,24+/m1/s1. The van der Waals surface area contributed by atoms with E-state index in [0.29, 0.717) is 18.7 Å². The highest BCUT2D eigenvalue weighted by molar-refractivity contribution is 9.10. The van der Waals surface area contributed by atoms with Crippen LogP contribution < -0.4 is 20.2 Å². The summed E-state index contributed by atoms with van der Waals surface area (Å²) in [4.78, 5) is 10.5.